The summed E-state index contributed by atoms with van der Waals surface area (Å²) in [6, 6.07) is 4.19. The molecule has 3 N–H and O–H groups in total. The van der Waals surface area contributed by atoms with E-state index >= 15 is 0 Å². The number of hydrogen-bond donors (Lipinski definition) is 2. The molecular formula is C12H14BrN3. The monoisotopic (exact) mass is 279 g/mol. The van der Waals surface area contributed by atoms with Crippen LogP contribution in [0.3, 0.4) is 0 Å². The lowest BCUT2D eigenvalue weighted by Gasteiger charge is -2.09. The summed E-state index contributed by atoms with van der Waals surface area (Å²) in [5.74, 6) is 0.430. The molecule has 2 rings (SSSR count). The van der Waals surface area contributed by atoms with Crippen molar-refractivity contribution in [2.45, 2.75) is 20.8 Å². The molecule has 0 atom stereocenters. The van der Waals surface area contributed by atoms with Crippen molar-refractivity contribution in [1.82, 2.24) is 9.97 Å². The van der Waals surface area contributed by atoms with E-state index in [-0.39, 0.29) is 0 Å². The summed E-state index contributed by atoms with van der Waals surface area (Å²) < 4.78 is 0.830. The Morgan fingerprint density at radius 1 is 1.19 bits per heavy atom. The Hall–Kier alpha value is -1.29. The van der Waals surface area contributed by atoms with Crippen LogP contribution in [0.1, 0.15) is 16.7 Å². The number of nitrogens with one attached hydrogen (secondary N) is 1. The summed E-state index contributed by atoms with van der Waals surface area (Å²) in [6.07, 6.45) is 0. The molecule has 3 nitrogen and oxygen atoms in total. The number of nitrogens with two attached hydrogens (primary N) is 1. The van der Waals surface area contributed by atoms with E-state index in [0.717, 1.165) is 15.9 Å². The number of halogens is 1. The van der Waals surface area contributed by atoms with Crippen molar-refractivity contribution in [2.24, 2.45) is 0 Å². The summed E-state index contributed by atoms with van der Waals surface area (Å²) in [5.41, 5.74) is 11.5. The van der Waals surface area contributed by atoms with Crippen LogP contribution in [0.5, 0.6) is 0 Å². The van der Waals surface area contributed by atoms with E-state index in [1.165, 1.54) is 16.7 Å². The third-order valence-corrected chi connectivity index (χ3v) is 3.56. The van der Waals surface area contributed by atoms with Crippen LogP contribution in [-0.2, 0) is 0 Å². The van der Waals surface area contributed by atoms with Gasteiger partial charge in [0.05, 0.1) is 0 Å². The zero-order valence-corrected chi connectivity index (χ0v) is 11.1. The topological polar surface area (TPSA) is 54.7 Å². The first-order chi connectivity index (χ1) is 7.50. The quantitative estimate of drug-likeness (QED) is 0.841. The molecule has 0 saturated heterocycles. The Morgan fingerprint density at radius 3 is 2.44 bits per heavy atom. The summed E-state index contributed by atoms with van der Waals surface area (Å²) in [4.78, 5) is 7.24. The Balaban J connectivity index is 2.65. The maximum absolute atomic E-state index is 5.64. The fraction of sp³-hybridized carbons (Fsp3) is 0.250. The average Bonchev–Trinajstić information content (AvgIpc) is 2.55. The molecule has 0 aliphatic rings. The van der Waals surface area contributed by atoms with Crippen molar-refractivity contribution in [3.8, 4) is 11.3 Å². The molecule has 1 heterocycles. The van der Waals surface area contributed by atoms with Crippen LogP contribution in [0.15, 0.2) is 16.7 Å². The van der Waals surface area contributed by atoms with Gasteiger partial charge in [0.2, 0.25) is 0 Å². The molecule has 1 aromatic carbocycles. The number of anilines is 1. The van der Waals surface area contributed by atoms with Gasteiger partial charge in [-0.15, -0.1) is 0 Å². The van der Waals surface area contributed by atoms with Gasteiger partial charge in [-0.2, -0.15) is 0 Å². The maximum Gasteiger partial charge on any atom is 0.198 e. The largest absolute Gasteiger partial charge is 0.369 e. The molecule has 0 spiro atoms. The molecule has 4 heteroatoms. The zero-order valence-electron chi connectivity index (χ0n) is 9.56. The van der Waals surface area contributed by atoms with Crippen molar-refractivity contribution >= 4 is 21.9 Å². The van der Waals surface area contributed by atoms with Crippen LogP contribution in [0.4, 0.5) is 5.95 Å². The highest BCUT2D eigenvalue weighted by Crippen LogP contribution is 2.31. The lowest BCUT2D eigenvalue weighted by molar-refractivity contribution is 1.25. The van der Waals surface area contributed by atoms with Gasteiger partial charge in [-0.1, -0.05) is 12.1 Å². The lowest BCUT2D eigenvalue weighted by atomic mass is 9.97. The fourth-order valence-electron chi connectivity index (χ4n) is 1.76. The number of rotatable bonds is 1. The number of nitrogen functional groups attached to an aromatic ring is 1. The van der Waals surface area contributed by atoms with Gasteiger partial charge in [0.15, 0.2) is 5.95 Å². The molecule has 0 fully saturated rings. The third kappa shape index (κ3) is 1.73. The van der Waals surface area contributed by atoms with E-state index in [4.69, 9.17) is 5.73 Å². The number of aryl methyl sites for hydroxylation is 1. The predicted octanol–water partition coefficient (Wildman–Crippen LogP) is 3.35. The molecular weight excluding hydrogens is 266 g/mol. The van der Waals surface area contributed by atoms with Crippen LogP contribution >= 0.6 is 15.9 Å². The zero-order chi connectivity index (χ0) is 11.9. The SMILES string of the molecule is Cc1ccc(-c2nc(N)[nH]c2Br)c(C)c1C. The van der Waals surface area contributed by atoms with Crippen LogP contribution in [0.25, 0.3) is 11.3 Å². The first kappa shape index (κ1) is 11.2. The molecule has 0 saturated carbocycles. The molecule has 0 radical (unpaired) electrons. The molecule has 0 bridgehead atoms. The molecule has 0 amide bonds. The fourth-order valence-corrected chi connectivity index (χ4v) is 2.27. The number of aromatic nitrogens is 2. The molecule has 84 valence electrons. The van der Waals surface area contributed by atoms with Gasteiger partial charge in [-0.3, -0.25) is 0 Å². The minimum absolute atomic E-state index is 0.430. The standard InChI is InChI=1S/C12H14BrN3/c1-6-4-5-9(8(3)7(6)2)10-11(13)16-12(14)15-10/h4-5H,1-3H3,(H3,14,15,16). The number of nitrogens with zero attached hydrogens (tertiary/aromatic N) is 1. The normalized spacial score (nSPS) is 10.8. The van der Waals surface area contributed by atoms with Gasteiger partial charge in [-0.25, -0.2) is 4.98 Å². The molecule has 2 aromatic rings. The van der Waals surface area contributed by atoms with Gasteiger partial charge < -0.3 is 10.7 Å². The Bertz CT molecular complexity index is 543. The van der Waals surface area contributed by atoms with Crippen molar-refractivity contribution in [3.63, 3.8) is 0 Å². The van der Waals surface area contributed by atoms with Crippen molar-refractivity contribution in [1.29, 1.82) is 0 Å². The Kier molecular flexibility index (Phi) is 2.76. The van der Waals surface area contributed by atoms with E-state index in [0.29, 0.717) is 5.95 Å². The summed E-state index contributed by atoms with van der Waals surface area (Å²) in [7, 11) is 0. The number of imidazole rings is 1. The minimum Gasteiger partial charge on any atom is -0.369 e. The molecule has 0 aliphatic carbocycles. The Labute approximate surface area is 103 Å². The second kappa shape index (κ2) is 3.94. The highest BCUT2D eigenvalue weighted by Gasteiger charge is 2.12. The van der Waals surface area contributed by atoms with Crippen molar-refractivity contribution in [3.05, 3.63) is 33.4 Å². The summed E-state index contributed by atoms with van der Waals surface area (Å²) in [5, 5.41) is 0. The first-order valence-corrected chi connectivity index (χ1v) is 5.88. The number of hydrogen-bond acceptors (Lipinski definition) is 2. The predicted molar refractivity (Wildman–Crippen MR) is 70.3 cm³/mol. The summed E-state index contributed by atoms with van der Waals surface area (Å²) >= 11 is 3.43. The average molecular weight is 280 g/mol. The second-order valence-electron chi connectivity index (χ2n) is 3.96. The van der Waals surface area contributed by atoms with Crippen LogP contribution in [0, 0.1) is 20.8 Å². The van der Waals surface area contributed by atoms with Gasteiger partial charge in [0.1, 0.15) is 10.3 Å². The Morgan fingerprint density at radius 2 is 1.88 bits per heavy atom. The second-order valence-corrected chi connectivity index (χ2v) is 4.76. The highest BCUT2D eigenvalue weighted by atomic mass is 79.9. The van der Waals surface area contributed by atoms with E-state index in [1.807, 2.05) is 0 Å². The lowest BCUT2D eigenvalue weighted by Crippen LogP contribution is -1.92. The van der Waals surface area contributed by atoms with Gasteiger partial charge >= 0.3 is 0 Å². The molecule has 1 aromatic heterocycles. The van der Waals surface area contributed by atoms with E-state index in [2.05, 4.69) is 58.8 Å². The molecule has 0 aliphatic heterocycles. The van der Waals surface area contributed by atoms with Crippen LogP contribution in [0.2, 0.25) is 0 Å². The minimum atomic E-state index is 0.430. The van der Waals surface area contributed by atoms with E-state index in [1.54, 1.807) is 0 Å². The maximum atomic E-state index is 5.64. The molecule has 0 unspecified atom stereocenters. The summed E-state index contributed by atoms with van der Waals surface area (Å²) in [6.45, 7) is 6.34. The van der Waals surface area contributed by atoms with Gasteiger partial charge in [0.25, 0.3) is 0 Å². The van der Waals surface area contributed by atoms with Gasteiger partial charge in [0, 0.05) is 5.56 Å². The smallest absolute Gasteiger partial charge is 0.198 e. The highest BCUT2D eigenvalue weighted by molar-refractivity contribution is 9.10. The van der Waals surface area contributed by atoms with E-state index < -0.39 is 0 Å². The number of aromatic amines is 1. The van der Waals surface area contributed by atoms with Crippen molar-refractivity contribution in [2.75, 3.05) is 5.73 Å². The molecule has 16 heavy (non-hydrogen) atoms. The number of benzene rings is 1. The van der Waals surface area contributed by atoms with Crippen LogP contribution in [-0.4, -0.2) is 9.97 Å². The van der Waals surface area contributed by atoms with Crippen molar-refractivity contribution < 1.29 is 0 Å². The van der Waals surface area contributed by atoms with Gasteiger partial charge in [-0.05, 0) is 53.4 Å². The first-order valence-electron chi connectivity index (χ1n) is 5.09. The third-order valence-electron chi connectivity index (χ3n) is 2.99. The number of H-pyrrole nitrogens is 1. The van der Waals surface area contributed by atoms with Crippen LogP contribution < -0.4 is 5.73 Å². The van der Waals surface area contributed by atoms with E-state index in [9.17, 15) is 0 Å².